The molecule has 2 heterocycles. The molecule has 2 fully saturated rings. The maximum absolute atomic E-state index is 12.5. The zero-order valence-corrected chi connectivity index (χ0v) is 20.3. The number of likely N-dealkylation sites (tertiary alicyclic amines) is 1. The first-order chi connectivity index (χ1) is 16.6. The Labute approximate surface area is 202 Å². The molecular formula is C28H37N2O4+. The van der Waals surface area contributed by atoms with Crippen molar-refractivity contribution in [3.05, 3.63) is 59.1 Å². The van der Waals surface area contributed by atoms with Gasteiger partial charge in [-0.15, -0.1) is 0 Å². The molecule has 0 bridgehead atoms. The molecule has 1 amide bonds. The summed E-state index contributed by atoms with van der Waals surface area (Å²) in [6.45, 7) is 6.44. The van der Waals surface area contributed by atoms with Crippen molar-refractivity contribution >= 4 is 17.9 Å². The Balaban J connectivity index is 1.28. The summed E-state index contributed by atoms with van der Waals surface area (Å²) in [4.78, 5) is 30.4. The number of fused-ring (bicyclic) bond motifs is 1. The van der Waals surface area contributed by atoms with Crippen molar-refractivity contribution < 1.29 is 24.1 Å². The number of nitrogens with one attached hydrogen (secondary N) is 1. The van der Waals surface area contributed by atoms with E-state index in [1.165, 1.54) is 12.8 Å². The molecule has 3 aliphatic rings. The third-order valence-corrected chi connectivity index (χ3v) is 6.79. The number of benzene rings is 1. The van der Waals surface area contributed by atoms with E-state index in [2.05, 4.69) is 22.0 Å². The SMILES string of the molecule is Cc1ccc(C(=O)CCCC(=O)[NH+]=CC(CC2C=C3OCCOC3=CC2)CN2CCCC2)cc1. The van der Waals surface area contributed by atoms with E-state index < -0.39 is 0 Å². The predicted octanol–water partition coefficient (Wildman–Crippen LogP) is 2.96. The fourth-order valence-corrected chi connectivity index (χ4v) is 4.90. The maximum atomic E-state index is 12.5. The second-order valence-electron chi connectivity index (χ2n) is 9.67. The van der Waals surface area contributed by atoms with Gasteiger partial charge >= 0.3 is 5.91 Å². The van der Waals surface area contributed by atoms with Crippen molar-refractivity contribution in [3.8, 4) is 0 Å². The normalized spacial score (nSPS) is 21.3. The van der Waals surface area contributed by atoms with Gasteiger partial charge in [0.25, 0.3) is 0 Å². The molecule has 1 N–H and O–H groups in total. The van der Waals surface area contributed by atoms with E-state index in [9.17, 15) is 9.59 Å². The van der Waals surface area contributed by atoms with Gasteiger partial charge in [-0.1, -0.05) is 29.8 Å². The summed E-state index contributed by atoms with van der Waals surface area (Å²) in [6.07, 6.45) is 12.0. The number of amides is 1. The van der Waals surface area contributed by atoms with Crippen LogP contribution in [0.4, 0.5) is 0 Å². The lowest BCUT2D eigenvalue weighted by Crippen LogP contribution is -2.75. The van der Waals surface area contributed by atoms with E-state index in [0.29, 0.717) is 38.4 Å². The van der Waals surface area contributed by atoms with Crippen LogP contribution in [0.2, 0.25) is 0 Å². The molecule has 2 atom stereocenters. The molecule has 34 heavy (non-hydrogen) atoms. The average molecular weight is 466 g/mol. The predicted molar refractivity (Wildman–Crippen MR) is 131 cm³/mol. The number of hydrogen-bond donors (Lipinski definition) is 1. The molecule has 2 aliphatic heterocycles. The highest BCUT2D eigenvalue weighted by molar-refractivity contribution is 5.96. The molecule has 2 unspecified atom stereocenters. The van der Waals surface area contributed by atoms with E-state index in [1.54, 1.807) is 0 Å². The quantitative estimate of drug-likeness (QED) is 0.425. The zero-order chi connectivity index (χ0) is 23.8. The summed E-state index contributed by atoms with van der Waals surface area (Å²) in [5.41, 5.74) is 1.85. The third kappa shape index (κ3) is 7.13. The lowest BCUT2D eigenvalue weighted by Gasteiger charge is -2.27. The van der Waals surface area contributed by atoms with Crippen molar-refractivity contribution in [3.63, 3.8) is 0 Å². The Morgan fingerprint density at radius 1 is 1.09 bits per heavy atom. The van der Waals surface area contributed by atoms with E-state index in [0.717, 1.165) is 55.1 Å². The minimum atomic E-state index is -0.0173. The molecule has 0 saturated carbocycles. The number of carbonyl (C=O) groups is 2. The minimum Gasteiger partial charge on any atom is -0.486 e. The van der Waals surface area contributed by atoms with Gasteiger partial charge in [-0.05, 0) is 70.2 Å². The fraction of sp³-hybridized carbons (Fsp3) is 0.536. The van der Waals surface area contributed by atoms with Gasteiger partial charge in [0.2, 0.25) is 0 Å². The van der Waals surface area contributed by atoms with Crippen molar-refractivity contribution in [2.24, 2.45) is 11.8 Å². The lowest BCUT2D eigenvalue weighted by molar-refractivity contribution is -0.375. The highest BCUT2D eigenvalue weighted by Gasteiger charge is 2.26. The van der Waals surface area contributed by atoms with Crippen LogP contribution in [0.3, 0.4) is 0 Å². The molecule has 1 aromatic rings. The first-order valence-corrected chi connectivity index (χ1v) is 12.7. The first-order valence-electron chi connectivity index (χ1n) is 12.7. The van der Waals surface area contributed by atoms with E-state index >= 15 is 0 Å². The average Bonchev–Trinajstić information content (AvgIpc) is 3.36. The Kier molecular flexibility index (Phi) is 8.69. The standard InChI is InChI=1S/C28H36N2O4/c1-21-7-10-24(11-8-21)25(31)5-4-6-28(32)29-19-23(20-30-13-2-3-14-30)17-22-9-12-26-27(18-22)34-16-15-33-26/h7-8,10-12,18-19,22-23H,2-6,9,13-17,20H2,1H3/p+1. The second-order valence-corrected chi connectivity index (χ2v) is 9.67. The highest BCUT2D eigenvalue weighted by Crippen LogP contribution is 2.30. The Morgan fingerprint density at radius 2 is 1.82 bits per heavy atom. The van der Waals surface area contributed by atoms with Crippen molar-refractivity contribution in [1.82, 2.24) is 4.90 Å². The molecule has 182 valence electrons. The third-order valence-electron chi connectivity index (χ3n) is 6.79. The fourth-order valence-electron chi connectivity index (χ4n) is 4.90. The summed E-state index contributed by atoms with van der Waals surface area (Å²) < 4.78 is 11.5. The van der Waals surface area contributed by atoms with Crippen LogP contribution in [-0.2, 0) is 14.3 Å². The number of nitrogens with zero attached hydrogens (tertiary/aromatic N) is 1. The number of aryl methyl sites for hydroxylation is 1. The van der Waals surface area contributed by atoms with Crippen LogP contribution >= 0.6 is 0 Å². The Bertz CT molecular complexity index is 942. The van der Waals surface area contributed by atoms with Crippen molar-refractivity contribution in [2.75, 3.05) is 32.8 Å². The number of allylic oxidation sites excluding steroid dienone is 2. The number of hydrogen-bond acceptors (Lipinski definition) is 5. The molecule has 2 saturated heterocycles. The number of Topliss-reactive ketones (excluding diaryl/α,β-unsaturated/α-hetero) is 1. The van der Waals surface area contributed by atoms with Gasteiger partial charge in [-0.2, -0.15) is 4.99 Å². The summed E-state index contributed by atoms with van der Waals surface area (Å²) in [7, 11) is 0. The van der Waals surface area contributed by atoms with Gasteiger partial charge in [0, 0.05) is 24.4 Å². The summed E-state index contributed by atoms with van der Waals surface area (Å²) in [6, 6.07) is 7.61. The summed E-state index contributed by atoms with van der Waals surface area (Å²) in [5.74, 6) is 2.44. The molecule has 0 aromatic heterocycles. The number of carbonyl (C=O) groups excluding carboxylic acids is 2. The van der Waals surface area contributed by atoms with Gasteiger partial charge in [0.05, 0.1) is 6.42 Å². The zero-order valence-electron chi connectivity index (χ0n) is 20.3. The molecule has 4 rings (SSSR count). The molecular weight excluding hydrogens is 428 g/mol. The largest absolute Gasteiger partial charge is 0.486 e. The van der Waals surface area contributed by atoms with Gasteiger partial charge in [0.15, 0.2) is 23.5 Å². The molecule has 6 nitrogen and oxygen atoms in total. The van der Waals surface area contributed by atoms with Crippen molar-refractivity contribution in [2.45, 2.75) is 51.9 Å². The van der Waals surface area contributed by atoms with Crippen LogP contribution in [0.25, 0.3) is 0 Å². The van der Waals surface area contributed by atoms with Gasteiger partial charge in [0.1, 0.15) is 13.2 Å². The van der Waals surface area contributed by atoms with E-state index in [-0.39, 0.29) is 17.6 Å². The van der Waals surface area contributed by atoms with Gasteiger partial charge in [-0.25, -0.2) is 4.79 Å². The van der Waals surface area contributed by atoms with Crippen LogP contribution in [0, 0.1) is 18.8 Å². The number of rotatable bonds is 10. The van der Waals surface area contributed by atoms with Crippen LogP contribution in [0.5, 0.6) is 0 Å². The Morgan fingerprint density at radius 3 is 2.59 bits per heavy atom. The molecule has 0 spiro atoms. The maximum Gasteiger partial charge on any atom is 0.384 e. The van der Waals surface area contributed by atoms with Gasteiger partial charge < -0.3 is 14.4 Å². The monoisotopic (exact) mass is 465 g/mol. The van der Waals surface area contributed by atoms with Crippen molar-refractivity contribution in [1.29, 1.82) is 0 Å². The molecule has 1 aliphatic carbocycles. The van der Waals surface area contributed by atoms with E-state index in [1.807, 2.05) is 37.4 Å². The Hall–Kier alpha value is -2.73. The van der Waals surface area contributed by atoms with Crippen LogP contribution in [0.1, 0.15) is 60.9 Å². The van der Waals surface area contributed by atoms with Gasteiger partial charge in [-0.3, -0.25) is 4.79 Å². The highest BCUT2D eigenvalue weighted by atomic mass is 16.6. The summed E-state index contributed by atoms with van der Waals surface area (Å²) in [5, 5.41) is 0. The topological polar surface area (TPSA) is 69.8 Å². The minimum absolute atomic E-state index is 0.0173. The second kappa shape index (κ2) is 12.1. The smallest absolute Gasteiger partial charge is 0.384 e. The van der Waals surface area contributed by atoms with E-state index in [4.69, 9.17) is 9.47 Å². The number of ketones is 1. The molecule has 6 heteroatoms. The van der Waals surface area contributed by atoms with Crippen LogP contribution < -0.4 is 4.99 Å². The summed E-state index contributed by atoms with van der Waals surface area (Å²) >= 11 is 0. The first kappa shape index (κ1) is 24.4. The molecule has 0 radical (unpaired) electrons. The number of ether oxygens (including phenoxy) is 2. The molecule has 1 aromatic carbocycles. The van der Waals surface area contributed by atoms with Crippen LogP contribution in [-0.4, -0.2) is 55.7 Å². The lowest BCUT2D eigenvalue weighted by atomic mass is 9.88. The van der Waals surface area contributed by atoms with Crippen LogP contribution in [0.15, 0.2) is 47.9 Å².